The molecule has 0 amide bonds. The minimum Gasteiger partial charge on any atom is -0.482 e. The number of hydrogen-bond acceptors (Lipinski definition) is 9. The summed E-state index contributed by atoms with van der Waals surface area (Å²) < 4.78 is 33.7. The van der Waals surface area contributed by atoms with Gasteiger partial charge in [0, 0.05) is 0 Å². The first kappa shape index (κ1) is 43.5. The van der Waals surface area contributed by atoms with Gasteiger partial charge in [-0.15, -0.1) is 0 Å². The van der Waals surface area contributed by atoms with Crippen LogP contribution in [0.1, 0.15) is 62.3 Å². The van der Waals surface area contributed by atoms with Crippen molar-refractivity contribution in [1.82, 2.24) is 0 Å². The van der Waals surface area contributed by atoms with Crippen molar-refractivity contribution < 1.29 is 42.8 Å². The van der Waals surface area contributed by atoms with Gasteiger partial charge in [0.2, 0.25) is 0 Å². The third kappa shape index (κ3) is 13.5. The predicted octanol–water partition coefficient (Wildman–Crippen LogP) is 9.48. The summed E-state index contributed by atoms with van der Waals surface area (Å²) in [5.74, 6) is 0.251. The Labute approximate surface area is 343 Å². The lowest BCUT2D eigenvalue weighted by atomic mass is 9.87. The smallest absolute Gasteiger partial charge is 0.344 e. The van der Waals surface area contributed by atoms with E-state index >= 15 is 0 Å². The third-order valence-corrected chi connectivity index (χ3v) is 9.35. The summed E-state index contributed by atoms with van der Waals surface area (Å²) in [5.41, 5.74) is 3.91. The number of carbonyl (C=O) groups excluding carboxylic acids is 3. The molecule has 304 valence electrons. The van der Waals surface area contributed by atoms with Crippen molar-refractivity contribution in [1.29, 1.82) is 0 Å². The molecule has 0 N–H and O–H groups in total. The summed E-state index contributed by atoms with van der Waals surface area (Å²) in [6.07, 6.45) is 0. The van der Waals surface area contributed by atoms with Gasteiger partial charge in [-0.05, 0) is 143 Å². The topological polar surface area (TPSA) is 107 Å². The van der Waals surface area contributed by atoms with E-state index in [1.54, 1.807) is 0 Å². The van der Waals surface area contributed by atoms with Crippen molar-refractivity contribution in [3.63, 3.8) is 0 Å². The molecule has 5 rings (SSSR count). The zero-order valence-corrected chi connectivity index (χ0v) is 35.8. The highest BCUT2D eigenvalue weighted by Crippen LogP contribution is 2.42. The Hall–Kier alpha value is -5.66. The van der Waals surface area contributed by atoms with Crippen molar-refractivity contribution in [3.05, 3.63) is 115 Å². The molecule has 0 radical (unpaired) electrons. The Morgan fingerprint density at radius 2 is 0.793 bits per heavy atom. The van der Waals surface area contributed by atoms with Crippen LogP contribution in [0.3, 0.4) is 0 Å². The van der Waals surface area contributed by atoms with Crippen molar-refractivity contribution in [2.75, 3.05) is 19.8 Å². The van der Waals surface area contributed by atoms with Gasteiger partial charge in [-0.25, -0.2) is 14.4 Å². The Kier molecular flexibility index (Phi) is 14.0. The maximum atomic E-state index is 12.4. The molecule has 58 heavy (non-hydrogen) atoms. The van der Waals surface area contributed by atoms with E-state index < -0.39 is 34.7 Å². The molecular formula is C48H53O9P. The summed E-state index contributed by atoms with van der Waals surface area (Å²) in [6.45, 7) is 15.7. The van der Waals surface area contributed by atoms with Gasteiger partial charge in [-0.1, -0.05) is 87.4 Å². The maximum absolute atomic E-state index is 12.4. The summed E-state index contributed by atoms with van der Waals surface area (Å²) in [4.78, 5) is 37.1. The molecule has 5 aromatic rings. The minimum absolute atomic E-state index is 0.207. The van der Waals surface area contributed by atoms with Crippen LogP contribution >= 0.6 is 8.58 Å². The van der Waals surface area contributed by atoms with Crippen LogP contribution in [0.2, 0.25) is 0 Å². The molecule has 0 aliphatic rings. The SMILES string of the molecule is CC(C)(C)OC(=O)COc1ccc(-c2ccc(Pc3ccccc3)c(-c3ccc(OCC(=O)OC(C)(C)C)cc3)c2-c2ccc(OCC(=O)OC(C)(C)C)cc2)cc1. The van der Waals surface area contributed by atoms with E-state index in [2.05, 4.69) is 24.3 Å². The van der Waals surface area contributed by atoms with E-state index in [-0.39, 0.29) is 19.8 Å². The fraction of sp³-hybridized carbons (Fsp3) is 0.312. The van der Waals surface area contributed by atoms with Gasteiger partial charge in [0.05, 0.1) is 0 Å². The first-order valence-corrected chi connectivity index (χ1v) is 20.2. The molecular weight excluding hydrogens is 751 g/mol. The van der Waals surface area contributed by atoms with Crippen LogP contribution in [0.5, 0.6) is 17.2 Å². The number of rotatable bonds is 14. The lowest BCUT2D eigenvalue weighted by Gasteiger charge is -2.22. The maximum Gasteiger partial charge on any atom is 0.344 e. The van der Waals surface area contributed by atoms with Crippen molar-refractivity contribution in [2.45, 2.75) is 79.1 Å². The quantitative estimate of drug-likeness (QED) is 0.0617. The standard InChI is InChI=1S/C48H53O9P/c1-46(2,3)55-41(49)29-52-35-21-15-32(16-22-35)39-27-28-40(58-38-13-11-10-12-14-38)45(34-19-25-37(26-20-34)54-31-43(51)57-48(7,8)9)44(39)33-17-23-36(24-18-33)53-30-42(50)56-47(4,5)6/h10-28,58H,29-31H2,1-9H3. The van der Waals surface area contributed by atoms with Gasteiger partial charge in [0.15, 0.2) is 19.8 Å². The van der Waals surface area contributed by atoms with Gasteiger partial charge in [0.1, 0.15) is 34.1 Å². The highest BCUT2D eigenvalue weighted by atomic mass is 31.1. The van der Waals surface area contributed by atoms with Crippen LogP contribution in [0, 0.1) is 0 Å². The lowest BCUT2D eigenvalue weighted by Crippen LogP contribution is -2.27. The molecule has 0 bridgehead atoms. The largest absolute Gasteiger partial charge is 0.482 e. The van der Waals surface area contributed by atoms with Gasteiger partial charge in [0.25, 0.3) is 0 Å². The molecule has 0 spiro atoms. The van der Waals surface area contributed by atoms with Gasteiger partial charge < -0.3 is 28.4 Å². The molecule has 0 saturated carbocycles. The van der Waals surface area contributed by atoms with Gasteiger partial charge in [-0.3, -0.25) is 0 Å². The first-order chi connectivity index (χ1) is 27.3. The van der Waals surface area contributed by atoms with Crippen LogP contribution in [0.4, 0.5) is 0 Å². The molecule has 9 nitrogen and oxygen atoms in total. The monoisotopic (exact) mass is 804 g/mol. The molecule has 0 fully saturated rings. The molecule has 5 aromatic carbocycles. The van der Waals surface area contributed by atoms with E-state index in [1.807, 2.05) is 153 Å². The Bertz CT molecular complexity index is 2160. The second kappa shape index (κ2) is 18.7. The molecule has 0 heterocycles. The van der Waals surface area contributed by atoms with Crippen LogP contribution in [0.25, 0.3) is 33.4 Å². The number of hydrogen-bond donors (Lipinski definition) is 0. The average Bonchev–Trinajstić information content (AvgIpc) is 3.14. The third-order valence-electron chi connectivity index (χ3n) is 8.04. The zero-order chi connectivity index (χ0) is 42.1. The van der Waals surface area contributed by atoms with Gasteiger partial charge >= 0.3 is 17.9 Å². The Balaban J connectivity index is 1.57. The Morgan fingerprint density at radius 1 is 0.431 bits per heavy atom. The molecule has 0 aliphatic carbocycles. The van der Waals surface area contributed by atoms with E-state index in [0.717, 1.165) is 38.7 Å². The van der Waals surface area contributed by atoms with Crippen LogP contribution in [0.15, 0.2) is 115 Å². The van der Waals surface area contributed by atoms with Gasteiger partial charge in [-0.2, -0.15) is 0 Å². The highest BCUT2D eigenvalue weighted by molar-refractivity contribution is 7.55. The number of benzene rings is 5. The zero-order valence-electron chi connectivity index (χ0n) is 34.8. The van der Waals surface area contributed by atoms with Crippen molar-refractivity contribution in [2.24, 2.45) is 0 Å². The van der Waals surface area contributed by atoms with E-state index in [0.29, 0.717) is 25.8 Å². The summed E-state index contributed by atoms with van der Waals surface area (Å²) in [5, 5.41) is 2.30. The summed E-state index contributed by atoms with van der Waals surface area (Å²) >= 11 is 0. The van der Waals surface area contributed by atoms with Crippen LogP contribution in [-0.2, 0) is 28.6 Å². The average molecular weight is 805 g/mol. The van der Waals surface area contributed by atoms with Crippen molar-refractivity contribution >= 4 is 37.1 Å². The molecule has 1 atom stereocenters. The van der Waals surface area contributed by atoms with Crippen LogP contribution < -0.4 is 24.8 Å². The molecule has 10 heteroatoms. The van der Waals surface area contributed by atoms with Crippen LogP contribution in [-0.4, -0.2) is 54.5 Å². The second-order valence-corrected chi connectivity index (χ2v) is 18.0. The number of esters is 3. The van der Waals surface area contributed by atoms with Crippen molar-refractivity contribution in [3.8, 4) is 50.6 Å². The minimum atomic E-state index is -0.618. The fourth-order valence-electron chi connectivity index (χ4n) is 5.93. The molecule has 0 aromatic heterocycles. The summed E-state index contributed by atoms with van der Waals surface area (Å²) in [7, 11) is 0.333. The molecule has 0 aliphatic heterocycles. The lowest BCUT2D eigenvalue weighted by molar-refractivity contribution is -0.158. The first-order valence-electron chi connectivity index (χ1n) is 19.2. The number of ether oxygens (including phenoxy) is 6. The van der Waals surface area contributed by atoms with E-state index in [4.69, 9.17) is 28.4 Å². The molecule has 1 unspecified atom stereocenters. The normalized spacial score (nSPS) is 11.9. The molecule has 0 saturated heterocycles. The van der Waals surface area contributed by atoms with E-state index in [1.165, 1.54) is 5.30 Å². The summed E-state index contributed by atoms with van der Waals surface area (Å²) in [6, 6.07) is 37.6. The second-order valence-electron chi connectivity index (χ2n) is 16.6. The Morgan fingerprint density at radius 3 is 1.17 bits per heavy atom. The number of carbonyl (C=O) groups is 3. The fourth-order valence-corrected chi connectivity index (χ4v) is 7.16. The predicted molar refractivity (Wildman–Crippen MR) is 231 cm³/mol. The van der Waals surface area contributed by atoms with E-state index in [9.17, 15) is 14.4 Å². The highest BCUT2D eigenvalue weighted by Gasteiger charge is 2.22.